The Balaban J connectivity index is 1.92. The number of benzene rings is 1. The molecule has 0 radical (unpaired) electrons. The molecule has 1 N–H and O–H groups in total. The van der Waals surface area contributed by atoms with Crippen molar-refractivity contribution in [3.05, 3.63) is 35.4 Å². The Bertz CT molecular complexity index is 462. The van der Waals surface area contributed by atoms with Gasteiger partial charge in [0, 0.05) is 31.6 Å². The van der Waals surface area contributed by atoms with Crippen molar-refractivity contribution in [2.45, 2.75) is 39.0 Å². The maximum absolute atomic E-state index is 8.70. The minimum Gasteiger partial charge on any atom is -0.395 e. The molecule has 0 saturated carbocycles. The Morgan fingerprint density at radius 2 is 1.85 bits per heavy atom. The number of ether oxygens (including phenoxy) is 1. The molecule has 1 aliphatic heterocycles. The van der Waals surface area contributed by atoms with Gasteiger partial charge in [-0.25, -0.2) is 0 Å². The first kappa shape index (κ1) is 15.1. The lowest BCUT2D eigenvalue weighted by Crippen LogP contribution is -2.44. The Labute approximate surface area is 121 Å². The van der Waals surface area contributed by atoms with Gasteiger partial charge in [0.2, 0.25) is 0 Å². The molecule has 1 saturated heterocycles. The van der Waals surface area contributed by atoms with Crippen molar-refractivity contribution < 1.29 is 9.84 Å². The van der Waals surface area contributed by atoms with Crippen LogP contribution in [0.3, 0.4) is 0 Å². The third kappa shape index (κ3) is 4.64. The summed E-state index contributed by atoms with van der Waals surface area (Å²) in [4.78, 5) is 2.44. The van der Waals surface area contributed by atoms with Gasteiger partial charge in [0.25, 0.3) is 0 Å². The van der Waals surface area contributed by atoms with E-state index >= 15 is 0 Å². The summed E-state index contributed by atoms with van der Waals surface area (Å²) in [5, 5.41) is 8.70. The molecule has 0 amide bonds. The molecule has 1 fully saturated rings. The molecule has 1 aromatic carbocycles. The number of rotatable bonds is 3. The van der Waals surface area contributed by atoms with Crippen LogP contribution in [-0.2, 0) is 11.3 Å². The highest BCUT2D eigenvalue weighted by molar-refractivity contribution is 5.36. The predicted molar refractivity (Wildman–Crippen MR) is 80.3 cm³/mol. The first-order valence-electron chi connectivity index (χ1n) is 7.24. The second-order valence-corrected chi connectivity index (χ2v) is 5.42. The topological polar surface area (TPSA) is 32.7 Å². The van der Waals surface area contributed by atoms with Gasteiger partial charge >= 0.3 is 0 Å². The van der Waals surface area contributed by atoms with Crippen LogP contribution >= 0.6 is 0 Å². The first-order valence-corrected chi connectivity index (χ1v) is 7.24. The predicted octanol–water partition coefficient (Wildman–Crippen LogP) is 2.03. The van der Waals surface area contributed by atoms with E-state index in [1.807, 2.05) is 12.1 Å². The van der Waals surface area contributed by atoms with Gasteiger partial charge in [0.1, 0.15) is 0 Å². The maximum atomic E-state index is 8.70. The van der Waals surface area contributed by atoms with Crippen LogP contribution in [0.5, 0.6) is 0 Å². The standard InChI is InChI=1S/C17H23NO2/c1-14-11-18(12-15(2)20-14)13-17-8-6-16(7-9-17)5-3-4-10-19/h6-9,14-15,19H,4,10-13H2,1-2H3/t14-,15+. The molecule has 108 valence electrons. The van der Waals surface area contributed by atoms with Gasteiger partial charge in [-0.05, 0) is 31.5 Å². The molecular formula is C17H23NO2. The highest BCUT2D eigenvalue weighted by atomic mass is 16.5. The van der Waals surface area contributed by atoms with Crippen LogP contribution in [0.2, 0.25) is 0 Å². The van der Waals surface area contributed by atoms with E-state index in [4.69, 9.17) is 9.84 Å². The van der Waals surface area contributed by atoms with E-state index in [9.17, 15) is 0 Å². The van der Waals surface area contributed by atoms with Crippen molar-refractivity contribution in [2.75, 3.05) is 19.7 Å². The van der Waals surface area contributed by atoms with Crippen molar-refractivity contribution in [1.82, 2.24) is 4.90 Å². The third-order valence-electron chi connectivity index (χ3n) is 3.32. The molecule has 2 atom stereocenters. The van der Waals surface area contributed by atoms with E-state index < -0.39 is 0 Å². The second-order valence-electron chi connectivity index (χ2n) is 5.42. The molecule has 0 spiro atoms. The number of nitrogens with zero attached hydrogens (tertiary/aromatic N) is 1. The van der Waals surface area contributed by atoms with Crippen LogP contribution in [0.25, 0.3) is 0 Å². The fourth-order valence-corrected chi connectivity index (χ4v) is 2.59. The molecule has 1 heterocycles. The molecule has 0 aromatic heterocycles. The molecule has 1 aliphatic rings. The smallest absolute Gasteiger partial charge is 0.0678 e. The van der Waals surface area contributed by atoms with Crippen LogP contribution in [-0.4, -0.2) is 41.9 Å². The molecule has 3 nitrogen and oxygen atoms in total. The van der Waals surface area contributed by atoms with Crippen molar-refractivity contribution in [2.24, 2.45) is 0 Å². The van der Waals surface area contributed by atoms with Gasteiger partial charge in [-0.1, -0.05) is 24.0 Å². The summed E-state index contributed by atoms with van der Waals surface area (Å²) in [6.07, 6.45) is 1.15. The lowest BCUT2D eigenvalue weighted by atomic mass is 10.1. The van der Waals surface area contributed by atoms with Crippen molar-refractivity contribution in [1.29, 1.82) is 0 Å². The summed E-state index contributed by atoms with van der Waals surface area (Å²) in [5.74, 6) is 5.98. The average molecular weight is 273 g/mol. The lowest BCUT2D eigenvalue weighted by Gasteiger charge is -2.35. The molecule has 0 aliphatic carbocycles. The molecule has 0 bridgehead atoms. The first-order chi connectivity index (χ1) is 9.67. The van der Waals surface area contributed by atoms with Gasteiger partial charge in [-0.3, -0.25) is 4.90 Å². The molecule has 0 unspecified atom stereocenters. The van der Waals surface area contributed by atoms with Gasteiger partial charge < -0.3 is 9.84 Å². The number of morpholine rings is 1. The van der Waals surface area contributed by atoms with Gasteiger partial charge in [0.05, 0.1) is 18.8 Å². The zero-order valence-electron chi connectivity index (χ0n) is 12.3. The zero-order chi connectivity index (χ0) is 14.4. The minimum absolute atomic E-state index is 0.123. The van der Waals surface area contributed by atoms with Crippen molar-refractivity contribution in [3.63, 3.8) is 0 Å². The van der Waals surface area contributed by atoms with E-state index in [-0.39, 0.29) is 6.61 Å². The molecule has 3 heteroatoms. The van der Waals surface area contributed by atoms with Gasteiger partial charge in [-0.2, -0.15) is 0 Å². The SMILES string of the molecule is C[C@@H]1CN(Cc2ccc(C#CCCO)cc2)C[C@H](C)O1. The summed E-state index contributed by atoms with van der Waals surface area (Å²) in [6, 6.07) is 8.36. The zero-order valence-corrected chi connectivity index (χ0v) is 12.3. The summed E-state index contributed by atoms with van der Waals surface area (Å²) in [6.45, 7) is 7.32. The fraction of sp³-hybridized carbons (Fsp3) is 0.529. The largest absolute Gasteiger partial charge is 0.395 e. The van der Waals surface area contributed by atoms with E-state index in [0.29, 0.717) is 18.6 Å². The number of aliphatic hydroxyl groups excluding tert-OH is 1. The average Bonchev–Trinajstić information content (AvgIpc) is 2.40. The monoisotopic (exact) mass is 273 g/mol. The molecule has 1 aromatic rings. The highest BCUT2D eigenvalue weighted by Crippen LogP contribution is 2.14. The summed E-state index contributed by atoms with van der Waals surface area (Å²) < 4.78 is 5.75. The Morgan fingerprint density at radius 1 is 1.20 bits per heavy atom. The van der Waals surface area contributed by atoms with E-state index in [2.05, 4.69) is 42.7 Å². The van der Waals surface area contributed by atoms with Crippen LogP contribution in [0.1, 0.15) is 31.4 Å². The summed E-state index contributed by atoms with van der Waals surface area (Å²) >= 11 is 0. The normalized spacial score (nSPS) is 23.1. The van der Waals surface area contributed by atoms with Crippen LogP contribution in [0.4, 0.5) is 0 Å². The third-order valence-corrected chi connectivity index (χ3v) is 3.32. The summed E-state index contributed by atoms with van der Waals surface area (Å²) in [5.41, 5.74) is 2.31. The van der Waals surface area contributed by atoms with E-state index in [1.54, 1.807) is 0 Å². The fourth-order valence-electron chi connectivity index (χ4n) is 2.59. The quantitative estimate of drug-likeness (QED) is 0.855. The van der Waals surface area contributed by atoms with Crippen LogP contribution in [0.15, 0.2) is 24.3 Å². The summed E-state index contributed by atoms with van der Waals surface area (Å²) in [7, 11) is 0. The number of hydrogen-bond donors (Lipinski definition) is 1. The number of aliphatic hydroxyl groups is 1. The maximum Gasteiger partial charge on any atom is 0.0678 e. The van der Waals surface area contributed by atoms with Gasteiger partial charge in [-0.15, -0.1) is 0 Å². The van der Waals surface area contributed by atoms with Gasteiger partial charge in [0.15, 0.2) is 0 Å². The molecular weight excluding hydrogens is 250 g/mol. The second kappa shape index (κ2) is 7.44. The van der Waals surface area contributed by atoms with Crippen LogP contribution in [0, 0.1) is 11.8 Å². The Morgan fingerprint density at radius 3 is 2.45 bits per heavy atom. The Kier molecular flexibility index (Phi) is 5.60. The van der Waals surface area contributed by atoms with Crippen molar-refractivity contribution >= 4 is 0 Å². The molecule has 2 rings (SSSR count). The number of hydrogen-bond acceptors (Lipinski definition) is 3. The van der Waals surface area contributed by atoms with E-state index in [1.165, 1.54) is 5.56 Å². The lowest BCUT2D eigenvalue weighted by molar-refractivity contribution is -0.0704. The molecule has 20 heavy (non-hydrogen) atoms. The minimum atomic E-state index is 0.123. The van der Waals surface area contributed by atoms with Crippen LogP contribution < -0.4 is 0 Å². The van der Waals surface area contributed by atoms with Crippen molar-refractivity contribution in [3.8, 4) is 11.8 Å². The highest BCUT2D eigenvalue weighted by Gasteiger charge is 2.21. The Hall–Kier alpha value is -1.34. The van der Waals surface area contributed by atoms with E-state index in [0.717, 1.165) is 25.2 Å².